The lowest BCUT2D eigenvalue weighted by atomic mass is 9.82. The molecular formula is C28H12I2N2O8. The topological polar surface area (TPSA) is 149 Å². The molecule has 0 saturated carbocycles. The van der Waals surface area contributed by atoms with Gasteiger partial charge in [-0.3, -0.25) is 38.6 Å². The molecule has 0 bridgehead atoms. The van der Waals surface area contributed by atoms with Crippen LogP contribution in [0.15, 0.2) is 36.4 Å². The van der Waals surface area contributed by atoms with Gasteiger partial charge in [-0.05, 0) is 80.2 Å². The molecule has 2 aliphatic heterocycles. The van der Waals surface area contributed by atoms with Crippen molar-refractivity contribution < 1.29 is 39.0 Å². The molecule has 7 rings (SSSR count). The fraction of sp³-hybridized carbons (Fsp3) is 0.0714. The summed E-state index contributed by atoms with van der Waals surface area (Å²) in [5.74, 6) is -5.39. The van der Waals surface area contributed by atoms with Gasteiger partial charge < -0.3 is 10.2 Å². The molecule has 0 atom stereocenters. The maximum absolute atomic E-state index is 13.4. The van der Waals surface area contributed by atoms with E-state index in [0.29, 0.717) is 39.5 Å². The number of carboxylic acid groups (broad SMARTS) is 2. The number of carbonyl (C=O) groups excluding carboxylic acids is 4. The minimum atomic E-state index is -1.31. The Morgan fingerprint density at radius 2 is 0.900 bits per heavy atom. The van der Waals surface area contributed by atoms with E-state index in [1.807, 2.05) is 0 Å². The van der Waals surface area contributed by atoms with Crippen molar-refractivity contribution >= 4 is 124 Å². The van der Waals surface area contributed by atoms with Crippen molar-refractivity contribution in [2.24, 2.45) is 0 Å². The zero-order chi connectivity index (χ0) is 28.4. The van der Waals surface area contributed by atoms with Crippen LogP contribution in [0.1, 0.15) is 41.4 Å². The fourth-order valence-electron chi connectivity index (χ4n) is 6.03. The van der Waals surface area contributed by atoms with Gasteiger partial charge in [-0.1, -0.05) is 12.1 Å². The average molecular weight is 758 g/mol. The molecule has 2 heterocycles. The Morgan fingerprint density at radius 1 is 0.550 bits per heavy atom. The van der Waals surface area contributed by atoms with E-state index in [-0.39, 0.29) is 22.3 Å². The first-order chi connectivity index (χ1) is 19.0. The van der Waals surface area contributed by atoms with Crippen LogP contribution in [0, 0.1) is 7.14 Å². The molecule has 0 saturated heterocycles. The minimum absolute atomic E-state index is 0.214. The van der Waals surface area contributed by atoms with Crippen molar-refractivity contribution in [2.45, 2.75) is 0 Å². The number of halogens is 2. The summed E-state index contributed by atoms with van der Waals surface area (Å²) in [5.41, 5.74) is 0.871. The summed E-state index contributed by atoms with van der Waals surface area (Å²) in [6, 6.07) is 9.89. The van der Waals surface area contributed by atoms with Gasteiger partial charge in [-0.2, -0.15) is 0 Å². The normalized spacial score (nSPS) is 14.9. The van der Waals surface area contributed by atoms with Crippen LogP contribution < -0.4 is 0 Å². The van der Waals surface area contributed by atoms with Crippen LogP contribution in [-0.2, 0) is 9.59 Å². The first-order valence-corrected chi connectivity index (χ1v) is 13.9. The molecule has 0 fully saturated rings. The van der Waals surface area contributed by atoms with Crippen LogP contribution >= 0.6 is 45.2 Å². The van der Waals surface area contributed by atoms with Crippen LogP contribution in [0.3, 0.4) is 0 Å². The third-order valence-corrected chi connectivity index (χ3v) is 9.20. The number of hydrogen-bond donors (Lipinski definition) is 2. The van der Waals surface area contributed by atoms with Crippen LogP contribution in [0.25, 0.3) is 43.1 Å². The number of nitrogens with zero attached hydrogens (tertiary/aromatic N) is 2. The number of carboxylic acids is 2. The van der Waals surface area contributed by atoms with Crippen molar-refractivity contribution in [2.75, 3.05) is 13.1 Å². The number of aliphatic carboxylic acids is 2. The number of imide groups is 2. The van der Waals surface area contributed by atoms with E-state index in [1.54, 1.807) is 36.4 Å². The molecule has 196 valence electrons. The smallest absolute Gasteiger partial charge is 0.323 e. The lowest BCUT2D eigenvalue weighted by Gasteiger charge is -2.30. The first-order valence-electron chi connectivity index (χ1n) is 11.8. The lowest BCUT2D eigenvalue weighted by Crippen LogP contribution is -2.43. The number of rotatable bonds is 4. The molecule has 2 aliphatic rings. The maximum atomic E-state index is 13.4. The van der Waals surface area contributed by atoms with Gasteiger partial charge in [0, 0.05) is 61.7 Å². The number of amides is 4. The zero-order valence-corrected chi connectivity index (χ0v) is 24.2. The Bertz CT molecular complexity index is 1990. The van der Waals surface area contributed by atoms with E-state index in [1.165, 1.54) is 0 Å². The fourth-order valence-corrected chi connectivity index (χ4v) is 7.77. The van der Waals surface area contributed by atoms with Gasteiger partial charge in [-0.15, -0.1) is 0 Å². The third kappa shape index (κ3) is 3.08. The Hall–Kier alpha value is -3.92. The summed E-state index contributed by atoms with van der Waals surface area (Å²) in [5, 5.41) is 23.6. The van der Waals surface area contributed by atoms with E-state index in [9.17, 15) is 39.0 Å². The molecule has 0 radical (unpaired) electrons. The summed E-state index contributed by atoms with van der Waals surface area (Å²) in [6.45, 7) is -1.52. The van der Waals surface area contributed by atoms with Gasteiger partial charge in [0.1, 0.15) is 13.1 Å². The predicted octanol–water partition coefficient (Wildman–Crippen LogP) is 4.31. The Balaban J connectivity index is 1.65. The zero-order valence-electron chi connectivity index (χ0n) is 19.9. The molecule has 5 aromatic rings. The predicted molar refractivity (Wildman–Crippen MR) is 159 cm³/mol. The van der Waals surface area contributed by atoms with Gasteiger partial charge in [0.2, 0.25) is 0 Å². The first kappa shape index (κ1) is 25.1. The highest BCUT2D eigenvalue weighted by Gasteiger charge is 2.38. The second kappa shape index (κ2) is 8.30. The SMILES string of the molecule is O=C(O)CN1C(=O)c2ccc3c4c(I)cc5c6c(ccc(c7c(I)cc(c2c37)C1=O)c64)C(=O)N(CC(=O)O)C5=O. The summed E-state index contributed by atoms with van der Waals surface area (Å²) in [4.78, 5) is 77.6. The molecule has 0 aliphatic carbocycles. The lowest BCUT2D eigenvalue weighted by molar-refractivity contribution is -0.138. The minimum Gasteiger partial charge on any atom is -0.480 e. The van der Waals surface area contributed by atoms with Crippen molar-refractivity contribution in [1.29, 1.82) is 0 Å². The highest BCUT2D eigenvalue weighted by atomic mass is 127. The quantitative estimate of drug-likeness (QED) is 0.119. The molecule has 5 aromatic carbocycles. The standard InChI is InChI=1S/C28H12I2N2O8/c29-15-5-14-20-12(26(38)32(28(14)40)8-18(35)36)4-2-10-22-16(30)6-13-19-11(25(37)31(27(13)39)7-17(33)34)3-1-9(23(19)22)21(15)24(10)20/h1-6H,7-8H2,(H,33,34)(H,35,36). The summed E-state index contributed by atoms with van der Waals surface area (Å²) in [6.07, 6.45) is 0. The number of fused-ring (bicyclic) bond motifs is 2. The van der Waals surface area contributed by atoms with Gasteiger partial charge in [0.05, 0.1) is 0 Å². The van der Waals surface area contributed by atoms with Gasteiger partial charge in [-0.25, -0.2) is 0 Å². The molecule has 4 amide bonds. The van der Waals surface area contributed by atoms with E-state index >= 15 is 0 Å². The Labute approximate surface area is 250 Å². The number of hydrogen-bond acceptors (Lipinski definition) is 6. The van der Waals surface area contributed by atoms with E-state index in [0.717, 1.165) is 20.6 Å². The molecule has 0 spiro atoms. The summed E-state index contributed by atoms with van der Waals surface area (Å²) in [7, 11) is 0. The average Bonchev–Trinajstić information content (AvgIpc) is 2.90. The van der Waals surface area contributed by atoms with Gasteiger partial charge in [0.25, 0.3) is 23.6 Å². The third-order valence-electron chi connectivity index (χ3n) is 7.50. The molecular weight excluding hydrogens is 746 g/mol. The summed E-state index contributed by atoms with van der Waals surface area (Å²) >= 11 is 4.19. The Kier molecular flexibility index (Phi) is 5.20. The largest absolute Gasteiger partial charge is 0.480 e. The molecule has 0 unspecified atom stereocenters. The molecule has 10 nitrogen and oxygen atoms in total. The highest BCUT2D eigenvalue weighted by molar-refractivity contribution is 14.1. The monoisotopic (exact) mass is 758 g/mol. The molecule has 0 aromatic heterocycles. The molecule has 12 heteroatoms. The second-order valence-electron chi connectivity index (χ2n) is 9.56. The van der Waals surface area contributed by atoms with E-state index < -0.39 is 48.7 Å². The summed E-state index contributed by atoms with van der Waals surface area (Å²) < 4.78 is 1.33. The highest BCUT2D eigenvalue weighted by Crippen LogP contribution is 2.48. The molecule has 40 heavy (non-hydrogen) atoms. The van der Waals surface area contributed by atoms with E-state index in [2.05, 4.69) is 45.2 Å². The number of carbonyl (C=O) groups is 6. The Morgan fingerprint density at radius 3 is 1.25 bits per heavy atom. The van der Waals surface area contributed by atoms with Gasteiger partial charge in [0.15, 0.2) is 0 Å². The van der Waals surface area contributed by atoms with Crippen LogP contribution in [-0.4, -0.2) is 68.7 Å². The van der Waals surface area contributed by atoms with Crippen LogP contribution in [0.2, 0.25) is 0 Å². The van der Waals surface area contributed by atoms with Crippen LogP contribution in [0.4, 0.5) is 0 Å². The number of benzene rings is 5. The molecule has 2 N–H and O–H groups in total. The van der Waals surface area contributed by atoms with Crippen molar-refractivity contribution in [3.8, 4) is 0 Å². The second-order valence-corrected chi connectivity index (χ2v) is 11.9. The van der Waals surface area contributed by atoms with Crippen molar-refractivity contribution in [1.82, 2.24) is 9.80 Å². The van der Waals surface area contributed by atoms with Gasteiger partial charge >= 0.3 is 11.9 Å². The van der Waals surface area contributed by atoms with Crippen molar-refractivity contribution in [3.63, 3.8) is 0 Å². The van der Waals surface area contributed by atoms with Crippen molar-refractivity contribution in [3.05, 3.63) is 65.8 Å². The maximum Gasteiger partial charge on any atom is 0.323 e. The van der Waals surface area contributed by atoms with E-state index in [4.69, 9.17) is 0 Å². The van der Waals surface area contributed by atoms with Crippen LogP contribution in [0.5, 0.6) is 0 Å².